The van der Waals surface area contributed by atoms with Crippen LogP contribution in [0.25, 0.3) is 0 Å². The maximum absolute atomic E-state index is 6.12. The monoisotopic (exact) mass is 239 g/mol. The highest BCUT2D eigenvalue weighted by Crippen LogP contribution is 2.35. The van der Waals surface area contributed by atoms with E-state index < -0.39 is 0 Å². The molecular formula is C14H29N3. The standard InChI is InChI=1S/C14H29N3/c1-4-5-13-6-7-17(9-13)14(10-15)8-12(2)16(3)11-14/h12-13H,4-11,15H2,1-3H3. The van der Waals surface area contributed by atoms with Crippen LogP contribution in [-0.4, -0.2) is 54.6 Å². The summed E-state index contributed by atoms with van der Waals surface area (Å²) in [6.45, 7) is 9.15. The van der Waals surface area contributed by atoms with Gasteiger partial charge in [0.2, 0.25) is 0 Å². The molecule has 2 aliphatic rings. The summed E-state index contributed by atoms with van der Waals surface area (Å²) < 4.78 is 0. The molecule has 0 saturated carbocycles. The third-order valence-corrected chi connectivity index (χ3v) is 5.01. The van der Waals surface area contributed by atoms with Crippen molar-refractivity contribution in [3.05, 3.63) is 0 Å². The first-order chi connectivity index (χ1) is 8.11. The molecule has 3 heteroatoms. The molecule has 2 N–H and O–H groups in total. The van der Waals surface area contributed by atoms with Gasteiger partial charge >= 0.3 is 0 Å². The van der Waals surface area contributed by atoms with Crippen LogP contribution >= 0.6 is 0 Å². The van der Waals surface area contributed by atoms with Crippen LogP contribution in [0.2, 0.25) is 0 Å². The number of nitrogens with two attached hydrogens (primary N) is 1. The van der Waals surface area contributed by atoms with Crippen molar-refractivity contribution in [3.8, 4) is 0 Å². The number of hydrogen-bond acceptors (Lipinski definition) is 3. The van der Waals surface area contributed by atoms with Gasteiger partial charge in [-0.25, -0.2) is 0 Å². The SMILES string of the molecule is CCCC1CCN(C2(CN)CC(C)N(C)C2)C1. The Morgan fingerprint density at radius 2 is 2.18 bits per heavy atom. The molecule has 0 aromatic carbocycles. The van der Waals surface area contributed by atoms with Crippen LogP contribution in [0.3, 0.4) is 0 Å². The first-order valence-corrected chi connectivity index (χ1v) is 7.26. The Balaban J connectivity index is 2.00. The molecule has 2 rings (SSSR count). The van der Waals surface area contributed by atoms with E-state index in [9.17, 15) is 0 Å². The van der Waals surface area contributed by atoms with Crippen molar-refractivity contribution in [1.29, 1.82) is 0 Å². The van der Waals surface area contributed by atoms with Crippen LogP contribution in [0, 0.1) is 5.92 Å². The Kier molecular flexibility index (Phi) is 4.11. The average molecular weight is 239 g/mol. The van der Waals surface area contributed by atoms with Crippen molar-refractivity contribution < 1.29 is 0 Å². The molecule has 2 fully saturated rings. The lowest BCUT2D eigenvalue weighted by atomic mass is 9.94. The lowest BCUT2D eigenvalue weighted by Gasteiger charge is -2.38. The fourth-order valence-electron chi connectivity index (χ4n) is 3.80. The van der Waals surface area contributed by atoms with Gasteiger partial charge in [0.15, 0.2) is 0 Å². The fourth-order valence-corrected chi connectivity index (χ4v) is 3.80. The van der Waals surface area contributed by atoms with Crippen molar-refractivity contribution in [3.63, 3.8) is 0 Å². The molecule has 0 amide bonds. The highest BCUT2D eigenvalue weighted by molar-refractivity contribution is 5.04. The van der Waals surface area contributed by atoms with Gasteiger partial charge in [-0.1, -0.05) is 13.3 Å². The summed E-state index contributed by atoms with van der Waals surface area (Å²) in [5.41, 5.74) is 6.40. The molecular weight excluding hydrogens is 210 g/mol. The Labute approximate surface area is 106 Å². The van der Waals surface area contributed by atoms with Crippen LogP contribution in [0.4, 0.5) is 0 Å². The van der Waals surface area contributed by atoms with E-state index in [4.69, 9.17) is 5.73 Å². The lowest BCUT2D eigenvalue weighted by molar-refractivity contribution is 0.126. The van der Waals surface area contributed by atoms with Gasteiger partial charge in [-0.15, -0.1) is 0 Å². The molecule has 2 saturated heterocycles. The highest BCUT2D eigenvalue weighted by atomic mass is 15.3. The molecule has 3 nitrogen and oxygen atoms in total. The van der Waals surface area contributed by atoms with E-state index in [1.165, 1.54) is 38.8 Å². The van der Waals surface area contributed by atoms with Crippen molar-refractivity contribution >= 4 is 0 Å². The zero-order valence-electron chi connectivity index (χ0n) is 11.8. The largest absolute Gasteiger partial charge is 0.329 e. The highest BCUT2D eigenvalue weighted by Gasteiger charge is 2.45. The number of nitrogens with zero attached hydrogens (tertiary/aromatic N) is 2. The molecule has 0 aliphatic carbocycles. The van der Waals surface area contributed by atoms with Gasteiger partial charge in [-0.2, -0.15) is 0 Å². The topological polar surface area (TPSA) is 32.5 Å². The zero-order chi connectivity index (χ0) is 12.5. The molecule has 3 unspecified atom stereocenters. The Morgan fingerprint density at radius 3 is 2.71 bits per heavy atom. The zero-order valence-corrected chi connectivity index (χ0v) is 11.8. The molecule has 0 aromatic heterocycles. The molecule has 0 radical (unpaired) electrons. The van der Waals surface area contributed by atoms with Gasteiger partial charge < -0.3 is 10.6 Å². The van der Waals surface area contributed by atoms with Crippen LogP contribution in [0.1, 0.15) is 39.5 Å². The molecule has 100 valence electrons. The van der Waals surface area contributed by atoms with Crippen LogP contribution in [-0.2, 0) is 0 Å². The van der Waals surface area contributed by atoms with Crippen LogP contribution in [0.5, 0.6) is 0 Å². The van der Waals surface area contributed by atoms with Crippen molar-refractivity contribution in [2.75, 3.05) is 33.2 Å². The minimum absolute atomic E-state index is 0.274. The smallest absolute Gasteiger partial charge is 0.0473 e. The quantitative estimate of drug-likeness (QED) is 0.807. The van der Waals surface area contributed by atoms with E-state index >= 15 is 0 Å². The van der Waals surface area contributed by atoms with E-state index in [1.807, 2.05) is 0 Å². The summed E-state index contributed by atoms with van der Waals surface area (Å²) >= 11 is 0. The first-order valence-electron chi connectivity index (χ1n) is 7.26. The molecule has 0 aromatic rings. The van der Waals surface area contributed by atoms with Crippen molar-refractivity contribution in [2.45, 2.75) is 51.1 Å². The van der Waals surface area contributed by atoms with Crippen molar-refractivity contribution in [1.82, 2.24) is 9.80 Å². The molecule has 2 aliphatic heterocycles. The van der Waals surface area contributed by atoms with Gasteiger partial charge in [-0.05, 0) is 45.7 Å². The average Bonchev–Trinajstić information content (AvgIpc) is 2.87. The molecule has 3 atom stereocenters. The molecule has 17 heavy (non-hydrogen) atoms. The molecule has 0 spiro atoms. The number of likely N-dealkylation sites (N-methyl/N-ethyl adjacent to an activating group) is 1. The third kappa shape index (κ3) is 2.51. The second kappa shape index (κ2) is 5.25. The predicted molar refractivity (Wildman–Crippen MR) is 73.1 cm³/mol. The van der Waals surface area contributed by atoms with Crippen molar-refractivity contribution in [2.24, 2.45) is 11.7 Å². The van der Waals surface area contributed by atoms with E-state index in [1.54, 1.807) is 0 Å². The van der Waals surface area contributed by atoms with Gasteiger partial charge in [0, 0.05) is 31.2 Å². The second-order valence-corrected chi connectivity index (χ2v) is 6.29. The number of rotatable bonds is 4. The summed E-state index contributed by atoms with van der Waals surface area (Å²) in [6, 6.07) is 0.684. The van der Waals surface area contributed by atoms with Gasteiger partial charge in [0.25, 0.3) is 0 Å². The van der Waals surface area contributed by atoms with Crippen LogP contribution in [0.15, 0.2) is 0 Å². The minimum atomic E-state index is 0.274. The summed E-state index contributed by atoms with van der Waals surface area (Å²) in [4.78, 5) is 5.17. The summed E-state index contributed by atoms with van der Waals surface area (Å²) in [5, 5.41) is 0. The molecule has 2 heterocycles. The summed E-state index contributed by atoms with van der Waals surface area (Å²) in [6.07, 6.45) is 5.35. The Bertz CT molecular complexity index is 244. The maximum atomic E-state index is 6.12. The van der Waals surface area contributed by atoms with Gasteiger partial charge in [0.05, 0.1) is 0 Å². The van der Waals surface area contributed by atoms with Gasteiger partial charge in [-0.3, -0.25) is 4.90 Å². The normalized spacial score (nSPS) is 40.2. The maximum Gasteiger partial charge on any atom is 0.0473 e. The van der Waals surface area contributed by atoms with E-state index in [-0.39, 0.29) is 5.54 Å². The second-order valence-electron chi connectivity index (χ2n) is 6.29. The van der Waals surface area contributed by atoms with Gasteiger partial charge in [0.1, 0.15) is 0 Å². The number of hydrogen-bond donors (Lipinski definition) is 1. The number of likely N-dealkylation sites (tertiary alicyclic amines) is 2. The minimum Gasteiger partial charge on any atom is -0.329 e. The third-order valence-electron chi connectivity index (χ3n) is 5.01. The Hall–Kier alpha value is -0.120. The predicted octanol–water partition coefficient (Wildman–Crippen LogP) is 1.53. The summed E-state index contributed by atoms with van der Waals surface area (Å²) in [5.74, 6) is 0.921. The van der Waals surface area contributed by atoms with E-state index in [0.29, 0.717) is 6.04 Å². The van der Waals surface area contributed by atoms with E-state index in [2.05, 4.69) is 30.7 Å². The lowest BCUT2D eigenvalue weighted by Crippen LogP contribution is -2.54. The molecule has 0 bridgehead atoms. The summed E-state index contributed by atoms with van der Waals surface area (Å²) in [7, 11) is 2.24. The van der Waals surface area contributed by atoms with E-state index in [0.717, 1.165) is 19.0 Å². The Morgan fingerprint density at radius 1 is 1.41 bits per heavy atom. The van der Waals surface area contributed by atoms with Crippen LogP contribution < -0.4 is 5.73 Å². The first kappa shape index (κ1) is 13.3. The fraction of sp³-hybridized carbons (Fsp3) is 1.00.